The van der Waals surface area contributed by atoms with Gasteiger partial charge in [0.05, 0.1) is 5.56 Å². The molecular weight excluding hydrogens is 254 g/mol. The number of nitrogens with zero attached hydrogens (tertiary/aromatic N) is 1. The first-order valence-corrected chi connectivity index (χ1v) is 6.71. The van der Waals surface area contributed by atoms with Crippen LogP contribution in [0.1, 0.15) is 28.5 Å². The first-order valence-electron chi connectivity index (χ1n) is 6.71. The Labute approximate surface area is 118 Å². The molecule has 0 aliphatic rings. The number of phenolic OH excluding ortho intramolecular Hbond substituents is 1. The minimum Gasteiger partial charge on any atom is -0.508 e. The molecule has 2 aromatic rings. The minimum atomic E-state index is -0.109. The maximum Gasteiger partial charge on any atom is 0.253 e. The van der Waals surface area contributed by atoms with Gasteiger partial charge in [0, 0.05) is 35.2 Å². The molecule has 1 aromatic carbocycles. The van der Waals surface area contributed by atoms with Crippen LogP contribution < -0.4 is 5.32 Å². The van der Waals surface area contributed by atoms with Crippen molar-refractivity contribution >= 4 is 16.8 Å². The summed E-state index contributed by atoms with van der Waals surface area (Å²) < 4.78 is 0. The standard InChI is InChI=1S/C15H21N3O2/c1-5-16-15(20)13-9(2)17-11-6-7-12(19)10(14(11)13)8-18(3)4/h6-7,17,19H,5,8H2,1-4H3,(H,16,20). The predicted molar refractivity (Wildman–Crippen MR) is 80.1 cm³/mol. The van der Waals surface area contributed by atoms with E-state index in [0.717, 1.165) is 22.2 Å². The van der Waals surface area contributed by atoms with Gasteiger partial charge >= 0.3 is 0 Å². The Hall–Kier alpha value is -2.01. The largest absolute Gasteiger partial charge is 0.508 e. The molecule has 0 spiro atoms. The summed E-state index contributed by atoms with van der Waals surface area (Å²) in [5.74, 6) is 0.109. The highest BCUT2D eigenvalue weighted by Crippen LogP contribution is 2.32. The molecule has 20 heavy (non-hydrogen) atoms. The van der Waals surface area contributed by atoms with Crippen molar-refractivity contribution in [1.29, 1.82) is 0 Å². The number of fused-ring (bicyclic) bond motifs is 1. The van der Waals surface area contributed by atoms with Crippen LogP contribution in [0.4, 0.5) is 0 Å². The van der Waals surface area contributed by atoms with Crippen LogP contribution in [-0.4, -0.2) is 41.5 Å². The van der Waals surface area contributed by atoms with Crippen LogP contribution in [-0.2, 0) is 6.54 Å². The average Bonchev–Trinajstić information content (AvgIpc) is 2.69. The van der Waals surface area contributed by atoms with Crippen LogP contribution in [0.15, 0.2) is 12.1 Å². The Morgan fingerprint density at radius 1 is 1.40 bits per heavy atom. The summed E-state index contributed by atoms with van der Waals surface area (Å²) in [6.07, 6.45) is 0. The van der Waals surface area contributed by atoms with E-state index in [-0.39, 0.29) is 11.7 Å². The van der Waals surface area contributed by atoms with E-state index in [1.165, 1.54) is 0 Å². The molecule has 0 radical (unpaired) electrons. The van der Waals surface area contributed by atoms with E-state index in [9.17, 15) is 9.90 Å². The van der Waals surface area contributed by atoms with Crippen molar-refractivity contribution in [1.82, 2.24) is 15.2 Å². The van der Waals surface area contributed by atoms with Gasteiger partial charge < -0.3 is 20.3 Å². The zero-order valence-corrected chi connectivity index (χ0v) is 12.4. The zero-order chi connectivity index (χ0) is 14.9. The van der Waals surface area contributed by atoms with Gasteiger partial charge in [-0.25, -0.2) is 0 Å². The second kappa shape index (κ2) is 5.54. The van der Waals surface area contributed by atoms with E-state index in [4.69, 9.17) is 0 Å². The maximum absolute atomic E-state index is 12.3. The first kappa shape index (κ1) is 14.4. The number of aromatic hydroxyl groups is 1. The second-order valence-electron chi connectivity index (χ2n) is 5.21. The molecule has 5 heteroatoms. The molecule has 0 fully saturated rings. The van der Waals surface area contributed by atoms with Gasteiger partial charge in [-0.15, -0.1) is 0 Å². The molecule has 1 heterocycles. The van der Waals surface area contributed by atoms with E-state index in [1.54, 1.807) is 12.1 Å². The highest BCUT2D eigenvalue weighted by atomic mass is 16.3. The smallest absolute Gasteiger partial charge is 0.253 e. The van der Waals surface area contributed by atoms with Crippen LogP contribution in [0, 0.1) is 6.92 Å². The molecule has 0 saturated heterocycles. The van der Waals surface area contributed by atoms with E-state index in [1.807, 2.05) is 32.8 Å². The van der Waals surface area contributed by atoms with Crippen molar-refractivity contribution in [3.8, 4) is 5.75 Å². The molecule has 108 valence electrons. The van der Waals surface area contributed by atoms with Gasteiger partial charge in [-0.3, -0.25) is 4.79 Å². The summed E-state index contributed by atoms with van der Waals surface area (Å²) in [5.41, 5.74) is 3.09. The number of aromatic nitrogens is 1. The van der Waals surface area contributed by atoms with Gasteiger partial charge in [-0.1, -0.05) is 0 Å². The minimum absolute atomic E-state index is 0.109. The fourth-order valence-corrected chi connectivity index (χ4v) is 2.49. The Morgan fingerprint density at radius 3 is 2.70 bits per heavy atom. The average molecular weight is 275 g/mol. The molecule has 0 atom stereocenters. The summed E-state index contributed by atoms with van der Waals surface area (Å²) in [4.78, 5) is 17.5. The lowest BCUT2D eigenvalue weighted by Crippen LogP contribution is -2.23. The normalized spacial score (nSPS) is 11.2. The molecule has 0 aliphatic carbocycles. The molecule has 2 rings (SSSR count). The van der Waals surface area contributed by atoms with E-state index < -0.39 is 0 Å². The number of hydrogen-bond acceptors (Lipinski definition) is 3. The third-order valence-electron chi connectivity index (χ3n) is 3.27. The quantitative estimate of drug-likeness (QED) is 0.799. The van der Waals surface area contributed by atoms with Gasteiger partial charge in [0.2, 0.25) is 0 Å². The van der Waals surface area contributed by atoms with Crippen molar-refractivity contribution in [2.75, 3.05) is 20.6 Å². The summed E-state index contributed by atoms with van der Waals surface area (Å²) in [6, 6.07) is 3.47. The summed E-state index contributed by atoms with van der Waals surface area (Å²) in [5, 5.41) is 13.8. The maximum atomic E-state index is 12.3. The van der Waals surface area contributed by atoms with Crippen molar-refractivity contribution in [2.24, 2.45) is 0 Å². The molecule has 0 saturated carbocycles. The van der Waals surface area contributed by atoms with Crippen LogP contribution in [0.25, 0.3) is 10.9 Å². The fourth-order valence-electron chi connectivity index (χ4n) is 2.49. The Morgan fingerprint density at radius 2 is 2.10 bits per heavy atom. The molecule has 0 aliphatic heterocycles. The van der Waals surface area contributed by atoms with E-state index in [0.29, 0.717) is 18.7 Å². The predicted octanol–water partition coefficient (Wildman–Crippen LogP) is 1.99. The van der Waals surface area contributed by atoms with E-state index in [2.05, 4.69) is 10.3 Å². The third-order valence-corrected chi connectivity index (χ3v) is 3.27. The number of carbonyl (C=O) groups excluding carboxylic acids is 1. The molecular formula is C15H21N3O2. The number of carbonyl (C=O) groups is 1. The SMILES string of the molecule is CCNC(=O)c1c(C)[nH]c2ccc(O)c(CN(C)C)c12. The van der Waals surface area contributed by atoms with Crippen molar-refractivity contribution in [3.05, 3.63) is 29.0 Å². The van der Waals surface area contributed by atoms with Crippen molar-refractivity contribution in [3.63, 3.8) is 0 Å². The van der Waals surface area contributed by atoms with Crippen LogP contribution >= 0.6 is 0 Å². The number of nitrogens with one attached hydrogen (secondary N) is 2. The number of aromatic amines is 1. The first-order chi connectivity index (χ1) is 9.45. The van der Waals surface area contributed by atoms with Crippen LogP contribution in [0.5, 0.6) is 5.75 Å². The summed E-state index contributed by atoms with van der Waals surface area (Å²) in [7, 11) is 3.87. The molecule has 0 unspecified atom stereocenters. The van der Waals surface area contributed by atoms with Crippen molar-refractivity contribution < 1.29 is 9.90 Å². The molecule has 0 bridgehead atoms. The Kier molecular flexibility index (Phi) is 3.99. The van der Waals surface area contributed by atoms with Gasteiger partial charge in [-0.05, 0) is 40.1 Å². The molecule has 1 aromatic heterocycles. The number of amides is 1. The van der Waals surface area contributed by atoms with Crippen molar-refractivity contribution in [2.45, 2.75) is 20.4 Å². The van der Waals surface area contributed by atoms with Gasteiger partial charge in [-0.2, -0.15) is 0 Å². The van der Waals surface area contributed by atoms with Gasteiger partial charge in [0.25, 0.3) is 5.91 Å². The monoisotopic (exact) mass is 275 g/mol. The molecule has 1 amide bonds. The number of benzene rings is 1. The number of aryl methyl sites for hydroxylation is 1. The van der Waals surface area contributed by atoms with Gasteiger partial charge in [0.1, 0.15) is 5.75 Å². The summed E-state index contributed by atoms with van der Waals surface area (Å²) >= 11 is 0. The topological polar surface area (TPSA) is 68.4 Å². The fraction of sp³-hybridized carbons (Fsp3) is 0.400. The lowest BCUT2D eigenvalue weighted by atomic mass is 10.0. The lowest BCUT2D eigenvalue weighted by molar-refractivity contribution is 0.0957. The highest BCUT2D eigenvalue weighted by Gasteiger charge is 2.20. The second-order valence-corrected chi connectivity index (χ2v) is 5.21. The van der Waals surface area contributed by atoms with Crippen LogP contribution in [0.3, 0.4) is 0 Å². The molecule has 5 nitrogen and oxygen atoms in total. The number of hydrogen-bond donors (Lipinski definition) is 3. The number of phenols is 1. The Balaban J connectivity index is 2.70. The summed E-state index contributed by atoms with van der Waals surface area (Å²) in [6.45, 7) is 4.92. The number of rotatable bonds is 4. The van der Waals surface area contributed by atoms with E-state index >= 15 is 0 Å². The zero-order valence-electron chi connectivity index (χ0n) is 12.4. The molecule has 3 N–H and O–H groups in total. The highest BCUT2D eigenvalue weighted by molar-refractivity contribution is 6.09. The Bertz CT molecular complexity index is 644. The number of H-pyrrole nitrogens is 1. The lowest BCUT2D eigenvalue weighted by Gasteiger charge is -2.13. The van der Waals surface area contributed by atoms with Crippen LogP contribution in [0.2, 0.25) is 0 Å². The third kappa shape index (κ3) is 2.49. The van der Waals surface area contributed by atoms with Gasteiger partial charge in [0.15, 0.2) is 0 Å².